The molecule has 2 aromatic rings. The highest BCUT2D eigenvalue weighted by atomic mass is 32.1. The maximum atomic E-state index is 11.0. The minimum Gasteiger partial charge on any atom is -0.478 e. The van der Waals surface area contributed by atoms with Crippen LogP contribution in [0.4, 0.5) is 0 Å². The summed E-state index contributed by atoms with van der Waals surface area (Å²) in [5, 5.41) is 19.5. The molecule has 0 bridgehead atoms. The molecule has 0 aliphatic heterocycles. The van der Waals surface area contributed by atoms with E-state index in [0.29, 0.717) is 11.1 Å². The fraction of sp³-hybridized carbons (Fsp3) is 0. The lowest BCUT2D eigenvalue weighted by Crippen LogP contribution is -1.98. The molecule has 0 saturated carbocycles. The van der Waals surface area contributed by atoms with Gasteiger partial charge in [0.2, 0.25) is 0 Å². The van der Waals surface area contributed by atoms with Crippen LogP contribution in [0.5, 0.6) is 0 Å². The summed E-state index contributed by atoms with van der Waals surface area (Å²) in [7, 11) is 0. The molecular formula is C12H8O4S. The monoisotopic (exact) mass is 248 g/mol. The summed E-state index contributed by atoms with van der Waals surface area (Å²) in [5.74, 6) is -2.03. The van der Waals surface area contributed by atoms with Crippen LogP contribution in [0.3, 0.4) is 0 Å². The maximum absolute atomic E-state index is 11.0. The zero-order valence-electron chi connectivity index (χ0n) is 8.58. The van der Waals surface area contributed by atoms with Gasteiger partial charge in [0, 0.05) is 0 Å². The lowest BCUT2D eigenvalue weighted by atomic mass is 10.0. The van der Waals surface area contributed by atoms with Gasteiger partial charge in [0.25, 0.3) is 0 Å². The molecule has 1 aromatic carbocycles. The number of thiophene rings is 1. The Hall–Kier alpha value is -2.14. The highest BCUT2D eigenvalue weighted by Crippen LogP contribution is 2.28. The summed E-state index contributed by atoms with van der Waals surface area (Å²) < 4.78 is 0. The molecule has 1 heterocycles. The molecule has 0 unspecified atom stereocenters. The molecule has 86 valence electrons. The third kappa shape index (κ3) is 2.19. The topological polar surface area (TPSA) is 74.6 Å². The Kier molecular flexibility index (Phi) is 2.93. The van der Waals surface area contributed by atoms with Crippen molar-refractivity contribution in [2.24, 2.45) is 0 Å². The summed E-state index contributed by atoms with van der Waals surface area (Å²) in [6, 6.07) is 8.00. The molecule has 1 aromatic heterocycles. The zero-order chi connectivity index (χ0) is 12.4. The molecule has 0 spiro atoms. The van der Waals surface area contributed by atoms with Gasteiger partial charge in [-0.3, -0.25) is 0 Å². The van der Waals surface area contributed by atoms with Gasteiger partial charge in [0.1, 0.15) is 4.88 Å². The highest BCUT2D eigenvalue weighted by molar-refractivity contribution is 7.12. The van der Waals surface area contributed by atoms with Crippen LogP contribution >= 0.6 is 11.3 Å². The van der Waals surface area contributed by atoms with E-state index in [0.717, 1.165) is 11.3 Å². The van der Waals surface area contributed by atoms with Crippen LogP contribution in [-0.4, -0.2) is 22.2 Å². The molecule has 5 heteroatoms. The number of benzene rings is 1. The molecule has 4 nitrogen and oxygen atoms in total. The van der Waals surface area contributed by atoms with Crippen molar-refractivity contribution < 1.29 is 19.8 Å². The van der Waals surface area contributed by atoms with Crippen molar-refractivity contribution >= 4 is 23.3 Å². The fourth-order valence-electron chi connectivity index (χ4n) is 1.51. The number of rotatable bonds is 3. The SMILES string of the molecule is O=C(O)c1cc(-c2ccccc2C(=O)O)cs1. The van der Waals surface area contributed by atoms with Crippen LogP contribution in [-0.2, 0) is 0 Å². The Balaban J connectivity index is 2.52. The Bertz CT molecular complexity index is 586. The summed E-state index contributed by atoms with van der Waals surface area (Å²) >= 11 is 1.08. The lowest BCUT2D eigenvalue weighted by Gasteiger charge is -2.02. The normalized spacial score (nSPS) is 10.1. The molecule has 0 aliphatic carbocycles. The minimum atomic E-state index is -1.02. The van der Waals surface area contributed by atoms with Crippen molar-refractivity contribution in [2.45, 2.75) is 0 Å². The Morgan fingerprint density at radius 1 is 1.06 bits per heavy atom. The average molecular weight is 248 g/mol. The minimum absolute atomic E-state index is 0.169. The Labute approximate surface area is 101 Å². The predicted octanol–water partition coefficient (Wildman–Crippen LogP) is 2.81. The molecule has 0 aliphatic rings. The molecule has 0 amide bonds. The molecule has 0 atom stereocenters. The smallest absolute Gasteiger partial charge is 0.345 e. The fourth-order valence-corrected chi connectivity index (χ4v) is 2.26. The van der Waals surface area contributed by atoms with Crippen LogP contribution in [0.15, 0.2) is 35.7 Å². The molecule has 0 fully saturated rings. The largest absolute Gasteiger partial charge is 0.478 e. The van der Waals surface area contributed by atoms with Gasteiger partial charge in [-0.15, -0.1) is 11.3 Å². The second kappa shape index (κ2) is 4.39. The van der Waals surface area contributed by atoms with Gasteiger partial charge >= 0.3 is 11.9 Å². The van der Waals surface area contributed by atoms with E-state index >= 15 is 0 Å². The number of hydrogen-bond donors (Lipinski definition) is 2. The van der Waals surface area contributed by atoms with Crippen LogP contribution in [0, 0.1) is 0 Å². The van der Waals surface area contributed by atoms with Gasteiger partial charge in [-0.25, -0.2) is 9.59 Å². The molecular weight excluding hydrogens is 240 g/mol. The van der Waals surface area contributed by atoms with E-state index in [4.69, 9.17) is 10.2 Å². The van der Waals surface area contributed by atoms with E-state index in [1.54, 1.807) is 23.6 Å². The first kappa shape index (κ1) is 11.3. The first-order valence-electron chi connectivity index (χ1n) is 4.74. The first-order chi connectivity index (χ1) is 8.09. The standard InChI is InChI=1S/C12H8O4S/c13-11(14)9-4-2-1-3-8(9)7-5-10(12(15)16)17-6-7/h1-6H,(H,13,14)(H,15,16). The number of carboxylic acid groups (broad SMARTS) is 2. The number of carboxylic acids is 2. The summed E-state index contributed by atoms with van der Waals surface area (Å²) in [4.78, 5) is 22.0. The molecule has 0 radical (unpaired) electrons. The lowest BCUT2D eigenvalue weighted by molar-refractivity contribution is 0.0689. The third-order valence-corrected chi connectivity index (χ3v) is 3.20. The van der Waals surface area contributed by atoms with E-state index in [1.165, 1.54) is 12.1 Å². The molecule has 2 rings (SSSR count). The first-order valence-corrected chi connectivity index (χ1v) is 5.62. The van der Waals surface area contributed by atoms with E-state index in [-0.39, 0.29) is 10.4 Å². The van der Waals surface area contributed by atoms with Gasteiger partial charge in [-0.2, -0.15) is 0 Å². The molecule has 0 saturated heterocycles. The van der Waals surface area contributed by atoms with Gasteiger partial charge in [-0.1, -0.05) is 18.2 Å². The van der Waals surface area contributed by atoms with E-state index in [2.05, 4.69) is 0 Å². The zero-order valence-corrected chi connectivity index (χ0v) is 9.40. The third-order valence-electron chi connectivity index (χ3n) is 2.28. The van der Waals surface area contributed by atoms with Crippen LogP contribution in [0.1, 0.15) is 20.0 Å². The van der Waals surface area contributed by atoms with Gasteiger partial charge in [0.15, 0.2) is 0 Å². The summed E-state index contributed by atoms with van der Waals surface area (Å²) in [6.07, 6.45) is 0. The second-order valence-corrected chi connectivity index (χ2v) is 4.27. The van der Waals surface area contributed by atoms with Crippen molar-refractivity contribution in [1.82, 2.24) is 0 Å². The van der Waals surface area contributed by atoms with Crippen molar-refractivity contribution in [3.05, 3.63) is 46.2 Å². The number of hydrogen-bond acceptors (Lipinski definition) is 3. The van der Waals surface area contributed by atoms with Crippen LogP contribution < -0.4 is 0 Å². The van der Waals surface area contributed by atoms with E-state index in [1.807, 2.05) is 0 Å². The second-order valence-electron chi connectivity index (χ2n) is 3.36. The maximum Gasteiger partial charge on any atom is 0.345 e. The van der Waals surface area contributed by atoms with E-state index in [9.17, 15) is 9.59 Å². The molecule has 17 heavy (non-hydrogen) atoms. The van der Waals surface area contributed by atoms with Crippen LogP contribution in [0.2, 0.25) is 0 Å². The number of carbonyl (C=O) groups is 2. The van der Waals surface area contributed by atoms with Crippen molar-refractivity contribution in [3.63, 3.8) is 0 Å². The summed E-state index contributed by atoms with van der Waals surface area (Å²) in [5.41, 5.74) is 1.32. The van der Waals surface area contributed by atoms with Gasteiger partial charge in [0.05, 0.1) is 5.56 Å². The Morgan fingerprint density at radius 3 is 2.35 bits per heavy atom. The van der Waals surface area contributed by atoms with Crippen molar-refractivity contribution in [2.75, 3.05) is 0 Å². The van der Waals surface area contributed by atoms with Gasteiger partial charge < -0.3 is 10.2 Å². The van der Waals surface area contributed by atoms with Gasteiger partial charge in [-0.05, 0) is 28.6 Å². The molecule has 2 N–H and O–H groups in total. The quantitative estimate of drug-likeness (QED) is 0.875. The average Bonchev–Trinajstić information content (AvgIpc) is 2.78. The van der Waals surface area contributed by atoms with Crippen LogP contribution in [0.25, 0.3) is 11.1 Å². The van der Waals surface area contributed by atoms with Crippen molar-refractivity contribution in [1.29, 1.82) is 0 Å². The van der Waals surface area contributed by atoms with Crippen molar-refractivity contribution in [3.8, 4) is 11.1 Å². The summed E-state index contributed by atoms with van der Waals surface area (Å²) in [6.45, 7) is 0. The Morgan fingerprint density at radius 2 is 1.76 bits per heavy atom. The number of aromatic carboxylic acids is 2. The van der Waals surface area contributed by atoms with E-state index < -0.39 is 11.9 Å². The highest BCUT2D eigenvalue weighted by Gasteiger charge is 2.14. The predicted molar refractivity (Wildman–Crippen MR) is 63.7 cm³/mol.